The molecule has 0 atom stereocenters. The summed E-state index contributed by atoms with van der Waals surface area (Å²) in [5, 5.41) is 0. The van der Waals surface area contributed by atoms with Crippen molar-refractivity contribution < 1.29 is 13.2 Å². The zero-order chi connectivity index (χ0) is 11.7. The fourth-order valence-corrected chi connectivity index (χ4v) is 2.95. The standard InChI is InChI=1S/C9H18N2O3S/c1-9(2,10)5-6-11-8(12)4-3-7-15(11,13)14/h3-7,10H2,1-2H3. The minimum atomic E-state index is -3.37. The predicted octanol–water partition coefficient (Wildman–Crippen LogP) is 0.0660. The Morgan fingerprint density at radius 1 is 1.47 bits per heavy atom. The van der Waals surface area contributed by atoms with Crippen LogP contribution in [-0.2, 0) is 14.8 Å². The van der Waals surface area contributed by atoms with Crippen LogP contribution in [0.4, 0.5) is 0 Å². The van der Waals surface area contributed by atoms with Gasteiger partial charge in [-0.2, -0.15) is 0 Å². The number of amides is 1. The van der Waals surface area contributed by atoms with Crippen molar-refractivity contribution in [2.75, 3.05) is 12.3 Å². The van der Waals surface area contributed by atoms with Crippen LogP contribution in [0.3, 0.4) is 0 Å². The smallest absolute Gasteiger partial charge is 0.237 e. The molecule has 1 amide bonds. The van der Waals surface area contributed by atoms with Crippen LogP contribution in [0.5, 0.6) is 0 Å². The Balaban J connectivity index is 2.69. The Morgan fingerprint density at radius 2 is 2.07 bits per heavy atom. The molecule has 1 saturated heterocycles. The highest BCUT2D eigenvalue weighted by Gasteiger charge is 2.32. The van der Waals surface area contributed by atoms with Crippen LogP contribution >= 0.6 is 0 Å². The second-order valence-corrected chi connectivity index (χ2v) is 6.64. The zero-order valence-electron chi connectivity index (χ0n) is 9.19. The second kappa shape index (κ2) is 4.09. The first-order chi connectivity index (χ1) is 6.72. The number of rotatable bonds is 3. The maximum Gasteiger partial charge on any atom is 0.237 e. The van der Waals surface area contributed by atoms with Gasteiger partial charge >= 0.3 is 0 Å². The Morgan fingerprint density at radius 3 is 2.53 bits per heavy atom. The van der Waals surface area contributed by atoms with E-state index in [9.17, 15) is 13.2 Å². The molecule has 0 radical (unpaired) electrons. The minimum Gasteiger partial charge on any atom is -0.325 e. The minimum absolute atomic E-state index is 0.0732. The van der Waals surface area contributed by atoms with Gasteiger partial charge in [0.15, 0.2) is 0 Å². The van der Waals surface area contributed by atoms with E-state index in [1.165, 1.54) is 0 Å². The lowest BCUT2D eigenvalue weighted by atomic mass is 10.0. The molecule has 0 bridgehead atoms. The van der Waals surface area contributed by atoms with Crippen LogP contribution < -0.4 is 5.73 Å². The molecule has 0 aromatic carbocycles. The molecule has 5 nitrogen and oxygen atoms in total. The first kappa shape index (κ1) is 12.4. The van der Waals surface area contributed by atoms with Crippen molar-refractivity contribution in [3.8, 4) is 0 Å². The van der Waals surface area contributed by atoms with E-state index in [-0.39, 0.29) is 18.2 Å². The van der Waals surface area contributed by atoms with Gasteiger partial charge in [-0.15, -0.1) is 0 Å². The summed E-state index contributed by atoms with van der Waals surface area (Å²) < 4.78 is 24.1. The van der Waals surface area contributed by atoms with Gasteiger partial charge in [0, 0.05) is 18.5 Å². The number of nitrogens with zero attached hydrogens (tertiary/aromatic N) is 1. The zero-order valence-corrected chi connectivity index (χ0v) is 10.0. The highest BCUT2D eigenvalue weighted by molar-refractivity contribution is 7.89. The van der Waals surface area contributed by atoms with E-state index in [4.69, 9.17) is 5.73 Å². The van der Waals surface area contributed by atoms with Crippen molar-refractivity contribution in [2.45, 2.75) is 38.6 Å². The van der Waals surface area contributed by atoms with Crippen LogP contribution in [0.15, 0.2) is 0 Å². The molecule has 0 aromatic heterocycles. The molecular weight excluding hydrogens is 216 g/mol. The number of carbonyl (C=O) groups excluding carboxylic acids is 1. The van der Waals surface area contributed by atoms with Gasteiger partial charge in [-0.25, -0.2) is 12.7 Å². The number of hydrogen-bond donors (Lipinski definition) is 1. The highest BCUT2D eigenvalue weighted by Crippen LogP contribution is 2.17. The van der Waals surface area contributed by atoms with Crippen LogP contribution in [0, 0.1) is 0 Å². The molecule has 1 fully saturated rings. The molecule has 2 N–H and O–H groups in total. The average molecular weight is 234 g/mol. The molecule has 1 heterocycles. The molecule has 0 spiro atoms. The van der Waals surface area contributed by atoms with Gasteiger partial charge in [0.1, 0.15) is 0 Å². The normalized spacial score (nSPS) is 21.8. The van der Waals surface area contributed by atoms with Crippen LogP contribution in [0.25, 0.3) is 0 Å². The molecule has 88 valence electrons. The first-order valence-electron chi connectivity index (χ1n) is 5.04. The van der Waals surface area contributed by atoms with E-state index >= 15 is 0 Å². The predicted molar refractivity (Wildman–Crippen MR) is 57.6 cm³/mol. The molecule has 0 aromatic rings. The van der Waals surface area contributed by atoms with E-state index in [1.54, 1.807) is 0 Å². The summed E-state index contributed by atoms with van der Waals surface area (Å²) in [6.45, 7) is 3.83. The number of sulfonamides is 1. The summed E-state index contributed by atoms with van der Waals surface area (Å²) in [6, 6.07) is 0. The lowest BCUT2D eigenvalue weighted by molar-refractivity contribution is -0.127. The third kappa shape index (κ3) is 3.46. The Hall–Kier alpha value is -0.620. The molecule has 6 heteroatoms. The SMILES string of the molecule is CC(C)(N)CCN1C(=O)CCCS1(=O)=O. The molecule has 0 saturated carbocycles. The monoisotopic (exact) mass is 234 g/mol. The van der Waals surface area contributed by atoms with Crippen molar-refractivity contribution in [3.63, 3.8) is 0 Å². The van der Waals surface area contributed by atoms with Crippen molar-refractivity contribution in [1.82, 2.24) is 4.31 Å². The quantitative estimate of drug-likeness (QED) is 0.749. The summed E-state index contributed by atoms with van der Waals surface area (Å²) in [5.41, 5.74) is 5.30. The lowest BCUT2D eigenvalue weighted by Crippen LogP contribution is -2.45. The third-order valence-corrected chi connectivity index (χ3v) is 4.23. The summed E-state index contributed by atoms with van der Waals surface area (Å²) in [7, 11) is -3.37. The van der Waals surface area contributed by atoms with Gasteiger partial charge in [-0.1, -0.05) is 0 Å². The summed E-state index contributed by atoms with van der Waals surface area (Å²) in [4.78, 5) is 11.4. The third-order valence-electron chi connectivity index (χ3n) is 2.37. The number of carbonyl (C=O) groups is 1. The molecule has 1 rings (SSSR count). The summed E-state index contributed by atoms with van der Waals surface area (Å²) in [5.74, 6) is -0.227. The summed E-state index contributed by atoms with van der Waals surface area (Å²) >= 11 is 0. The van der Waals surface area contributed by atoms with Crippen LogP contribution in [-0.4, -0.2) is 36.5 Å². The van der Waals surface area contributed by atoms with Crippen molar-refractivity contribution in [2.24, 2.45) is 5.73 Å². The highest BCUT2D eigenvalue weighted by atomic mass is 32.2. The fourth-order valence-electron chi connectivity index (χ4n) is 1.45. The van der Waals surface area contributed by atoms with Gasteiger partial charge in [0.2, 0.25) is 15.9 Å². The van der Waals surface area contributed by atoms with E-state index < -0.39 is 15.6 Å². The topological polar surface area (TPSA) is 80.5 Å². The van der Waals surface area contributed by atoms with Gasteiger partial charge in [-0.3, -0.25) is 4.79 Å². The average Bonchev–Trinajstić information content (AvgIpc) is 1.99. The fraction of sp³-hybridized carbons (Fsp3) is 0.889. The van der Waals surface area contributed by atoms with E-state index in [0.717, 1.165) is 4.31 Å². The van der Waals surface area contributed by atoms with Crippen molar-refractivity contribution >= 4 is 15.9 Å². The number of nitrogens with two attached hydrogens (primary N) is 1. The molecule has 15 heavy (non-hydrogen) atoms. The van der Waals surface area contributed by atoms with Crippen molar-refractivity contribution in [1.29, 1.82) is 0 Å². The van der Waals surface area contributed by atoms with Gasteiger partial charge in [0.05, 0.1) is 5.75 Å². The van der Waals surface area contributed by atoms with Crippen LogP contribution in [0.1, 0.15) is 33.1 Å². The van der Waals surface area contributed by atoms with E-state index in [2.05, 4.69) is 0 Å². The molecule has 0 unspecified atom stereocenters. The van der Waals surface area contributed by atoms with Gasteiger partial charge < -0.3 is 5.73 Å². The van der Waals surface area contributed by atoms with E-state index in [0.29, 0.717) is 19.3 Å². The van der Waals surface area contributed by atoms with Crippen LogP contribution in [0.2, 0.25) is 0 Å². The Bertz CT molecular complexity index is 343. The lowest BCUT2D eigenvalue weighted by Gasteiger charge is -2.29. The van der Waals surface area contributed by atoms with E-state index in [1.807, 2.05) is 13.8 Å². The Kier molecular flexibility index (Phi) is 3.40. The molecule has 1 aliphatic rings. The molecular formula is C9H18N2O3S. The van der Waals surface area contributed by atoms with Gasteiger partial charge in [0.25, 0.3) is 0 Å². The second-order valence-electron chi connectivity index (χ2n) is 4.62. The summed E-state index contributed by atoms with van der Waals surface area (Å²) in [6.07, 6.45) is 1.24. The maximum absolute atomic E-state index is 11.6. The van der Waals surface area contributed by atoms with Crippen molar-refractivity contribution in [3.05, 3.63) is 0 Å². The first-order valence-corrected chi connectivity index (χ1v) is 6.65. The largest absolute Gasteiger partial charge is 0.325 e. The molecule has 0 aliphatic carbocycles. The number of hydrogen-bond acceptors (Lipinski definition) is 4. The Labute approximate surface area is 90.7 Å². The van der Waals surface area contributed by atoms with Gasteiger partial charge in [-0.05, 0) is 26.7 Å². The molecule has 1 aliphatic heterocycles. The maximum atomic E-state index is 11.6.